The van der Waals surface area contributed by atoms with Crippen LogP contribution in [0.25, 0.3) is 0 Å². The maximum absolute atomic E-state index is 11.3. The van der Waals surface area contributed by atoms with Crippen molar-refractivity contribution in [3.63, 3.8) is 0 Å². The lowest BCUT2D eigenvalue weighted by atomic mass is 10.0. The molecule has 1 aliphatic heterocycles. The summed E-state index contributed by atoms with van der Waals surface area (Å²) >= 11 is 0. The summed E-state index contributed by atoms with van der Waals surface area (Å²) in [5.41, 5.74) is 0. The highest BCUT2D eigenvalue weighted by Crippen LogP contribution is 2.17. The number of ketones is 1. The second-order valence-corrected chi connectivity index (χ2v) is 3.89. The number of rotatable bonds is 6. The van der Waals surface area contributed by atoms with Crippen LogP contribution in [0.2, 0.25) is 0 Å². The van der Waals surface area contributed by atoms with Gasteiger partial charge in [0.1, 0.15) is 5.78 Å². The molecule has 1 heterocycles. The van der Waals surface area contributed by atoms with Crippen LogP contribution in [0, 0.1) is 0 Å². The van der Waals surface area contributed by atoms with E-state index in [0.29, 0.717) is 24.7 Å². The van der Waals surface area contributed by atoms with E-state index in [1.165, 1.54) is 12.8 Å². The molecule has 1 saturated heterocycles. The summed E-state index contributed by atoms with van der Waals surface area (Å²) < 4.78 is 5.56. The molecule has 1 rings (SSSR count). The largest absolute Gasteiger partial charge is 0.378 e. The van der Waals surface area contributed by atoms with Gasteiger partial charge >= 0.3 is 0 Å². The van der Waals surface area contributed by atoms with E-state index in [1.54, 1.807) is 6.08 Å². The van der Waals surface area contributed by atoms with E-state index in [0.717, 1.165) is 25.9 Å². The molecule has 1 atom stereocenters. The molecule has 0 aromatic carbocycles. The SMILES string of the molecule is C=CCCC(=O)CCC1CCCCO1. The monoisotopic (exact) mass is 196 g/mol. The fourth-order valence-electron chi connectivity index (χ4n) is 1.75. The highest BCUT2D eigenvalue weighted by molar-refractivity contribution is 5.78. The molecule has 1 fully saturated rings. The number of ether oxygens (including phenoxy) is 1. The minimum atomic E-state index is 0.344. The zero-order valence-corrected chi connectivity index (χ0v) is 8.84. The highest BCUT2D eigenvalue weighted by atomic mass is 16.5. The predicted molar refractivity (Wildman–Crippen MR) is 57.3 cm³/mol. The number of carbonyl (C=O) groups is 1. The molecule has 0 spiro atoms. The summed E-state index contributed by atoms with van der Waals surface area (Å²) in [6.45, 7) is 4.49. The van der Waals surface area contributed by atoms with Gasteiger partial charge in [0, 0.05) is 19.4 Å². The van der Waals surface area contributed by atoms with Crippen molar-refractivity contribution in [1.29, 1.82) is 0 Å². The van der Waals surface area contributed by atoms with E-state index in [4.69, 9.17) is 4.74 Å². The van der Waals surface area contributed by atoms with E-state index in [-0.39, 0.29) is 0 Å². The van der Waals surface area contributed by atoms with Gasteiger partial charge in [-0.05, 0) is 32.1 Å². The van der Waals surface area contributed by atoms with Crippen LogP contribution in [0.3, 0.4) is 0 Å². The summed E-state index contributed by atoms with van der Waals surface area (Å²) in [6, 6.07) is 0. The molecule has 0 amide bonds. The lowest BCUT2D eigenvalue weighted by Gasteiger charge is -2.21. The molecule has 80 valence electrons. The minimum absolute atomic E-state index is 0.344. The molecule has 1 aliphatic rings. The maximum atomic E-state index is 11.3. The van der Waals surface area contributed by atoms with Crippen LogP contribution in [-0.2, 0) is 9.53 Å². The summed E-state index contributed by atoms with van der Waals surface area (Å²) in [5.74, 6) is 0.346. The molecule has 0 bridgehead atoms. The van der Waals surface area contributed by atoms with Crippen molar-refractivity contribution in [3.8, 4) is 0 Å². The van der Waals surface area contributed by atoms with E-state index < -0.39 is 0 Å². The lowest BCUT2D eigenvalue weighted by molar-refractivity contribution is -0.120. The number of allylic oxidation sites excluding steroid dienone is 1. The Hall–Kier alpha value is -0.630. The second kappa shape index (κ2) is 6.77. The van der Waals surface area contributed by atoms with Gasteiger partial charge in [0.05, 0.1) is 6.10 Å². The van der Waals surface area contributed by atoms with E-state index in [9.17, 15) is 4.79 Å². The van der Waals surface area contributed by atoms with E-state index in [1.807, 2.05) is 0 Å². The van der Waals surface area contributed by atoms with Crippen molar-refractivity contribution in [1.82, 2.24) is 0 Å². The van der Waals surface area contributed by atoms with Crippen molar-refractivity contribution in [2.45, 2.75) is 51.0 Å². The first kappa shape index (κ1) is 11.4. The van der Waals surface area contributed by atoms with E-state index in [2.05, 4.69) is 6.58 Å². The lowest BCUT2D eigenvalue weighted by Crippen LogP contribution is -2.19. The van der Waals surface area contributed by atoms with Crippen LogP contribution in [-0.4, -0.2) is 18.5 Å². The van der Waals surface area contributed by atoms with Gasteiger partial charge < -0.3 is 4.74 Å². The Bertz CT molecular complexity index is 181. The number of Topliss-reactive ketones (excluding diaryl/α,β-unsaturated/α-hetero) is 1. The Morgan fingerprint density at radius 1 is 1.43 bits per heavy atom. The topological polar surface area (TPSA) is 26.3 Å². The van der Waals surface area contributed by atoms with Crippen molar-refractivity contribution >= 4 is 5.78 Å². The van der Waals surface area contributed by atoms with Crippen molar-refractivity contribution < 1.29 is 9.53 Å². The Morgan fingerprint density at radius 2 is 2.29 bits per heavy atom. The zero-order chi connectivity index (χ0) is 10.2. The van der Waals surface area contributed by atoms with Crippen molar-refractivity contribution in [2.75, 3.05) is 6.61 Å². The Balaban J connectivity index is 2.06. The van der Waals surface area contributed by atoms with Crippen molar-refractivity contribution in [3.05, 3.63) is 12.7 Å². The van der Waals surface area contributed by atoms with Crippen LogP contribution in [0.1, 0.15) is 44.9 Å². The summed E-state index contributed by atoms with van der Waals surface area (Å²) in [7, 11) is 0. The van der Waals surface area contributed by atoms with E-state index >= 15 is 0 Å². The van der Waals surface area contributed by atoms with Gasteiger partial charge in [0.25, 0.3) is 0 Å². The number of hydrogen-bond donors (Lipinski definition) is 0. The fourth-order valence-corrected chi connectivity index (χ4v) is 1.75. The molecule has 0 N–H and O–H groups in total. The summed E-state index contributed by atoms with van der Waals surface area (Å²) in [4.78, 5) is 11.3. The molecule has 0 saturated carbocycles. The van der Waals surface area contributed by atoms with Gasteiger partial charge in [-0.25, -0.2) is 0 Å². The first-order chi connectivity index (χ1) is 6.83. The predicted octanol–water partition coefficient (Wildman–Crippen LogP) is 2.87. The maximum Gasteiger partial charge on any atom is 0.133 e. The van der Waals surface area contributed by atoms with Crippen LogP contribution < -0.4 is 0 Å². The third-order valence-electron chi connectivity index (χ3n) is 2.65. The molecule has 0 aliphatic carbocycles. The van der Waals surface area contributed by atoms with Gasteiger partial charge in [-0.2, -0.15) is 0 Å². The summed E-state index contributed by atoms with van der Waals surface area (Å²) in [5, 5.41) is 0. The highest BCUT2D eigenvalue weighted by Gasteiger charge is 2.14. The Morgan fingerprint density at radius 3 is 2.93 bits per heavy atom. The fraction of sp³-hybridized carbons (Fsp3) is 0.750. The van der Waals surface area contributed by atoms with Crippen LogP contribution in [0.5, 0.6) is 0 Å². The van der Waals surface area contributed by atoms with Gasteiger partial charge in [-0.1, -0.05) is 6.08 Å². The average Bonchev–Trinajstić information content (AvgIpc) is 2.25. The Labute approximate surface area is 86.3 Å². The second-order valence-electron chi connectivity index (χ2n) is 3.89. The molecule has 2 heteroatoms. The van der Waals surface area contributed by atoms with Gasteiger partial charge in [-0.3, -0.25) is 4.79 Å². The van der Waals surface area contributed by atoms with Crippen LogP contribution in [0.15, 0.2) is 12.7 Å². The van der Waals surface area contributed by atoms with Gasteiger partial charge in [-0.15, -0.1) is 6.58 Å². The van der Waals surface area contributed by atoms with Crippen molar-refractivity contribution in [2.24, 2.45) is 0 Å². The summed E-state index contributed by atoms with van der Waals surface area (Å²) in [6.07, 6.45) is 8.77. The van der Waals surface area contributed by atoms with Gasteiger partial charge in [0.2, 0.25) is 0 Å². The molecule has 2 nitrogen and oxygen atoms in total. The van der Waals surface area contributed by atoms with Crippen LogP contribution in [0.4, 0.5) is 0 Å². The third-order valence-corrected chi connectivity index (χ3v) is 2.65. The standard InChI is InChI=1S/C12H20O2/c1-2-3-6-11(13)8-9-12-7-4-5-10-14-12/h2,12H,1,3-10H2. The normalized spacial score (nSPS) is 21.9. The first-order valence-electron chi connectivity index (χ1n) is 5.57. The smallest absolute Gasteiger partial charge is 0.133 e. The molecule has 14 heavy (non-hydrogen) atoms. The van der Waals surface area contributed by atoms with Gasteiger partial charge in [0.15, 0.2) is 0 Å². The minimum Gasteiger partial charge on any atom is -0.378 e. The Kier molecular flexibility index (Phi) is 5.53. The molecular weight excluding hydrogens is 176 g/mol. The third kappa shape index (κ3) is 4.56. The first-order valence-corrected chi connectivity index (χ1v) is 5.57. The quantitative estimate of drug-likeness (QED) is 0.611. The molecule has 0 aromatic heterocycles. The van der Waals surface area contributed by atoms with Crippen LogP contribution >= 0.6 is 0 Å². The molecule has 0 aromatic rings. The number of hydrogen-bond acceptors (Lipinski definition) is 2. The number of carbonyl (C=O) groups excluding carboxylic acids is 1. The zero-order valence-electron chi connectivity index (χ0n) is 8.84. The average molecular weight is 196 g/mol. The molecule has 0 radical (unpaired) electrons. The molecular formula is C12H20O2. The molecule has 1 unspecified atom stereocenters.